The average molecular weight is 294 g/mol. The molecule has 1 N–H and O–H groups in total. The van der Waals surface area contributed by atoms with Crippen LogP contribution in [-0.2, 0) is 14.6 Å². The van der Waals surface area contributed by atoms with Crippen LogP contribution in [0.5, 0.6) is 0 Å². The van der Waals surface area contributed by atoms with Crippen LogP contribution in [0.2, 0.25) is 0 Å². The number of nitriles is 1. The quantitative estimate of drug-likeness (QED) is 0.791. The minimum Gasteiger partial charge on any atom is -0.380 e. The first-order chi connectivity index (χ1) is 9.62. The first-order valence-corrected chi connectivity index (χ1v) is 8.28. The topological polar surface area (TPSA) is 79.2 Å². The van der Waals surface area contributed by atoms with E-state index in [1.165, 1.54) is 12.1 Å². The van der Waals surface area contributed by atoms with Gasteiger partial charge in [-0.1, -0.05) is 6.07 Å². The van der Waals surface area contributed by atoms with Crippen LogP contribution in [0.4, 0.5) is 0 Å². The van der Waals surface area contributed by atoms with E-state index in [-0.39, 0.29) is 17.3 Å². The van der Waals surface area contributed by atoms with Crippen molar-refractivity contribution >= 4 is 9.84 Å². The van der Waals surface area contributed by atoms with Crippen LogP contribution >= 0.6 is 0 Å². The van der Waals surface area contributed by atoms with Crippen molar-refractivity contribution in [2.45, 2.75) is 11.3 Å². The van der Waals surface area contributed by atoms with Gasteiger partial charge in [-0.25, -0.2) is 8.42 Å². The molecule has 0 bridgehead atoms. The lowest BCUT2D eigenvalue weighted by Crippen LogP contribution is -2.18. The predicted molar refractivity (Wildman–Crippen MR) is 75.0 cm³/mol. The van der Waals surface area contributed by atoms with Crippen LogP contribution in [0, 0.1) is 17.2 Å². The maximum absolute atomic E-state index is 12.1. The lowest BCUT2D eigenvalue weighted by molar-refractivity contribution is 0.118. The Hall–Kier alpha value is -1.42. The molecule has 20 heavy (non-hydrogen) atoms. The molecule has 0 saturated carbocycles. The number of nitrogens with zero attached hydrogens (tertiary/aromatic N) is 1. The molecule has 1 aliphatic rings. The van der Waals surface area contributed by atoms with Gasteiger partial charge in [0, 0.05) is 6.54 Å². The van der Waals surface area contributed by atoms with Crippen LogP contribution in [-0.4, -0.2) is 40.5 Å². The summed E-state index contributed by atoms with van der Waals surface area (Å²) in [5.41, 5.74) is 0.351. The summed E-state index contributed by atoms with van der Waals surface area (Å²) >= 11 is 0. The number of hydrogen-bond acceptors (Lipinski definition) is 5. The molecule has 0 aromatic heterocycles. The number of sulfone groups is 1. The van der Waals surface area contributed by atoms with E-state index in [1.807, 2.05) is 6.07 Å². The third kappa shape index (κ3) is 4.04. The summed E-state index contributed by atoms with van der Waals surface area (Å²) in [4.78, 5) is 0.183. The second-order valence-electron chi connectivity index (χ2n) is 4.89. The van der Waals surface area contributed by atoms with Crippen molar-refractivity contribution < 1.29 is 13.2 Å². The molecule has 0 radical (unpaired) electrons. The second kappa shape index (κ2) is 6.84. The Labute approximate surface area is 119 Å². The Kier molecular flexibility index (Phi) is 5.12. The van der Waals surface area contributed by atoms with Gasteiger partial charge in [-0.15, -0.1) is 0 Å². The Morgan fingerprint density at radius 2 is 2.30 bits per heavy atom. The van der Waals surface area contributed by atoms with E-state index < -0.39 is 9.84 Å². The van der Waals surface area contributed by atoms with E-state index in [4.69, 9.17) is 10.00 Å². The highest BCUT2D eigenvalue weighted by Crippen LogP contribution is 2.13. The first-order valence-electron chi connectivity index (χ1n) is 6.63. The lowest BCUT2D eigenvalue weighted by Gasteiger charge is -2.09. The highest BCUT2D eigenvalue weighted by Gasteiger charge is 2.17. The minimum atomic E-state index is -3.38. The molecule has 108 valence electrons. The van der Waals surface area contributed by atoms with Crippen LogP contribution in [0.15, 0.2) is 29.2 Å². The van der Waals surface area contributed by atoms with E-state index in [2.05, 4.69) is 5.32 Å². The van der Waals surface area contributed by atoms with E-state index >= 15 is 0 Å². The Bertz CT molecular complexity index is 587. The Morgan fingerprint density at radius 1 is 1.45 bits per heavy atom. The molecular formula is C14H18N2O3S. The van der Waals surface area contributed by atoms with Gasteiger partial charge in [-0.3, -0.25) is 0 Å². The van der Waals surface area contributed by atoms with Crippen LogP contribution in [0.3, 0.4) is 0 Å². The van der Waals surface area contributed by atoms with E-state index in [1.54, 1.807) is 12.1 Å². The van der Waals surface area contributed by atoms with Crippen molar-refractivity contribution in [3.8, 4) is 6.07 Å². The number of nitrogens with one attached hydrogen (secondary N) is 1. The zero-order valence-electron chi connectivity index (χ0n) is 11.2. The Morgan fingerprint density at radius 3 is 3.00 bits per heavy atom. The van der Waals surface area contributed by atoms with E-state index in [9.17, 15) is 8.42 Å². The van der Waals surface area contributed by atoms with Gasteiger partial charge in [0.05, 0.1) is 35.5 Å². The molecule has 2 rings (SSSR count). The zero-order valence-corrected chi connectivity index (χ0v) is 12.0. The van der Waals surface area contributed by atoms with Gasteiger partial charge in [-0.2, -0.15) is 5.26 Å². The first kappa shape index (κ1) is 15.0. The fourth-order valence-corrected chi connectivity index (χ4v) is 3.32. The monoisotopic (exact) mass is 294 g/mol. The summed E-state index contributed by atoms with van der Waals surface area (Å²) in [7, 11) is -3.38. The molecule has 0 spiro atoms. The molecular weight excluding hydrogens is 276 g/mol. The van der Waals surface area contributed by atoms with Crippen molar-refractivity contribution in [1.82, 2.24) is 5.32 Å². The van der Waals surface area contributed by atoms with Crippen molar-refractivity contribution in [3.63, 3.8) is 0 Å². The summed E-state index contributed by atoms with van der Waals surface area (Å²) in [6, 6.07) is 8.02. The lowest BCUT2D eigenvalue weighted by atomic mass is 10.1. The third-order valence-electron chi connectivity index (χ3n) is 3.33. The standard InChI is InChI=1S/C14H18N2O3S/c15-9-12-2-1-3-14(8-12)20(17,18)7-6-19-11-13-4-5-16-10-13/h1-3,8,13,16H,4-7,10-11H2. The molecule has 0 aliphatic carbocycles. The third-order valence-corrected chi connectivity index (χ3v) is 5.01. The van der Waals surface area contributed by atoms with E-state index in [0.29, 0.717) is 18.1 Å². The molecule has 1 atom stereocenters. The van der Waals surface area contributed by atoms with Crippen LogP contribution in [0.1, 0.15) is 12.0 Å². The summed E-state index contributed by atoms with van der Waals surface area (Å²) < 4.78 is 29.6. The number of hydrogen-bond donors (Lipinski definition) is 1. The molecule has 1 aromatic carbocycles. The minimum absolute atomic E-state index is 0.0535. The number of benzene rings is 1. The fourth-order valence-electron chi connectivity index (χ4n) is 2.15. The molecule has 1 unspecified atom stereocenters. The molecule has 1 heterocycles. The molecule has 1 aromatic rings. The fraction of sp³-hybridized carbons (Fsp3) is 0.500. The molecule has 6 heteroatoms. The molecule has 1 saturated heterocycles. The summed E-state index contributed by atoms with van der Waals surface area (Å²) in [5.74, 6) is 0.432. The zero-order chi connectivity index (χ0) is 14.4. The van der Waals surface area contributed by atoms with Gasteiger partial charge >= 0.3 is 0 Å². The maximum Gasteiger partial charge on any atom is 0.180 e. The molecule has 1 aliphatic heterocycles. The number of ether oxygens (including phenoxy) is 1. The van der Waals surface area contributed by atoms with Gasteiger partial charge in [0.1, 0.15) is 0 Å². The second-order valence-corrected chi connectivity index (χ2v) is 7.00. The predicted octanol–water partition coefficient (Wildman–Crippen LogP) is 0.958. The normalized spacial score (nSPS) is 18.9. The summed E-state index contributed by atoms with van der Waals surface area (Å²) in [5, 5.41) is 12.0. The highest BCUT2D eigenvalue weighted by atomic mass is 32.2. The van der Waals surface area contributed by atoms with E-state index in [0.717, 1.165) is 19.5 Å². The highest BCUT2D eigenvalue weighted by molar-refractivity contribution is 7.91. The van der Waals surface area contributed by atoms with Crippen molar-refractivity contribution in [1.29, 1.82) is 5.26 Å². The van der Waals surface area contributed by atoms with Crippen LogP contribution in [0.25, 0.3) is 0 Å². The van der Waals surface area contributed by atoms with Crippen molar-refractivity contribution in [2.75, 3.05) is 32.1 Å². The summed E-state index contributed by atoms with van der Waals surface area (Å²) in [6.07, 6.45) is 1.08. The smallest absolute Gasteiger partial charge is 0.180 e. The molecule has 5 nitrogen and oxygen atoms in total. The molecule has 1 fully saturated rings. The Balaban J connectivity index is 1.85. The largest absolute Gasteiger partial charge is 0.380 e. The van der Waals surface area contributed by atoms with Gasteiger partial charge in [0.25, 0.3) is 0 Å². The van der Waals surface area contributed by atoms with Gasteiger partial charge in [0.15, 0.2) is 9.84 Å². The number of rotatable bonds is 6. The maximum atomic E-state index is 12.1. The van der Waals surface area contributed by atoms with Gasteiger partial charge in [0.2, 0.25) is 0 Å². The van der Waals surface area contributed by atoms with Crippen molar-refractivity contribution in [3.05, 3.63) is 29.8 Å². The van der Waals surface area contributed by atoms with Gasteiger partial charge < -0.3 is 10.1 Å². The molecule has 0 amide bonds. The van der Waals surface area contributed by atoms with Crippen LogP contribution < -0.4 is 5.32 Å². The average Bonchev–Trinajstić information content (AvgIpc) is 2.97. The SMILES string of the molecule is N#Cc1cccc(S(=O)(=O)CCOCC2CCNC2)c1. The van der Waals surface area contributed by atoms with Crippen molar-refractivity contribution in [2.24, 2.45) is 5.92 Å². The van der Waals surface area contributed by atoms with Gasteiger partial charge in [-0.05, 0) is 37.1 Å². The summed E-state index contributed by atoms with van der Waals surface area (Å²) in [6.45, 7) is 2.74.